The van der Waals surface area contributed by atoms with Crippen LogP contribution in [0.3, 0.4) is 0 Å². The van der Waals surface area contributed by atoms with Gasteiger partial charge in [0.15, 0.2) is 5.79 Å². The molecule has 2 aliphatic heterocycles. The fourth-order valence-corrected chi connectivity index (χ4v) is 8.85. The summed E-state index contributed by atoms with van der Waals surface area (Å²) in [4.78, 5) is 25.3. The lowest BCUT2D eigenvalue weighted by atomic mass is 9.80. The van der Waals surface area contributed by atoms with Gasteiger partial charge in [0.2, 0.25) is 0 Å². The third-order valence-corrected chi connectivity index (χ3v) is 13.0. The fraction of sp³-hybridized carbons (Fsp3) is 0.673. The minimum Gasteiger partial charge on any atom is -0.481 e. The van der Waals surface area contributed by atoms with Crippen LogP contribution in [-0.4, -0.2) is 153 Å². The largest absolute Gasteiger partial charge is 0.481 e. The Bertz CT molecular complexity index is 1660. The van der Waals surface area contributed by atoms with Gasteiger partial charge in [-0.3, -0.25) is 9.59 Å². The highest BCUT2D eigenvalue weighted by atomic mass is 16.6. The Morgan fingerprint density at radius 2 is 1.20 bits per heavy atom. The summed E-state index contributed by atoms with van der Waals surface area (Å²) in [5.41, 5.74) is 6.10. The van der Waals surface area contributed by atoms with Gasteiger partial charge in [-0.05, 0) is 43.4 Å². The summed E-state index contributed by atoms with van der Waals surface area (Å²) in [6.45, 7) is 7.38. The molecule has 19 atom stereocenters. The van der Waals surface area contributed by atoms with Crippen molar-refractivity contribution in [2.45, 2.75) is 177 Å². The van der Waals surface area contributed by atoms with Gasteiger partial charge in [-0.2, -0.15) is 0 Å². The van der Waals surface area contributed by atoms with Crippen LogP contribution < -0.4 is 5.73 Å². The second-order valence-corrected chi connectivity index (χ2v) is 18.6. The lowest BCUT2D eigenvalue weighted by molar-refractivity contribution is -0.301. The van der Waals surface area contributed by atoms with Crippen molar-refractivity contribution in [3.63, 3.8) is 0 Å². The molecule has 1 saturated carbocycles. The van der Waals surface area contributed by atoms with Gasteiger partial charge < -0.3 is 71.4 Å². The molecule has 0 aromatic carbocycles. The number of fused-ring (bicyclic) bond motifs is 2. The summed E-state index contributed by atoms with van der Waals surface area (Å²) in [6.07, 6.45) is 8.15. The van der Waals surface area contributed by atoms with E-state index in [2.05, 4.69) is 0 Å². The number of aliphatic hydroxyl groups is 10. The van der Waals surface area contributed by atoms with Crippen molar-refractivity contribution in [1.29, 1.82) is 0 Å². The second kappa shape index (κ2) is 27.6. The molecule has 2 fully saturated rings. The number of nitrogens with two attached hydrogens (primary N) is 1. The fourth-order valence-electron chi connectivity index (χ4n) is 8.85. The first kappa shape index (κ1) is 56.1. The number of rotatable bonds is 3. The lowest BCUT2D eigenvalue weighted by Gasteiger charge is -2.45. The molecule has 2 heterocycles. The summed E-state index contributed by atoms with van der Waals surface area (Å²) < 4.78 is 12.3. The van der Waals surface area contributed by atoms with Crippen LogP contribution in [0, 0.1) is 29.6 Å². The molecule has 0 spiro atoms. The molecule has 3 aliphatic rings. The summed E-state index contributed by atoms with van der Waals surface area (Å²) in [5.74, 6) is -6.41. The van der Waals surface area contributed by atoms with E-state index < -0.39 is 116 Å². The molecule has 0 aromatic rings. The molecular formula is C49H77NO15. The minimum atomic E-state index is -2.28. The number of Topliss-reactive ketones (excluding diaryl/α,β-unsaturated/α-hetero) is 1. The van der Waals surface area contributed by atoms with E-state index in [0.29, 0.717) is 0 Å². The summed E-state index contributed by atoms with van der Waals surface area (Å²) in [7, 11) is 0. The Balaban J connectivity index is 1.86. The Labute approximate surface area is 383 Å². The van der Waals surface area contributed by atoms with E-state index in [0.717, 1.165) is 0 Å². The molecular weight excluding hydrogens is 843 g/mol. The van der Waals surface area contributed by atoms with E-state index in [9.17, 15) is 65.8 Å². The summed E-state index contributed by atoms with van der Waals surface area (Å²) >= 11 is 0. The van der Waals surface area contributed by atoms with Crippen molar-refractivity contribution in [3.8, 4) is 0 Å². The van der Waals surface area contributed by atoms with E-state index >= 15 is 0 Å². The lowest BCUT2D eigenvalue weighted by Crippen LogP contribution is -2.59. The van der Waals surface area contributed by atoms with Crippen LogP contribution in [0.1, 0.15) is 91.9 Å². The van der Waals surface area contributed by atoms with E-state index in [4.69, 9.17) is 15.2 Å². The van der Waals surface area contributed by atoms with Crippen LogP contribution in [0.4, 0.5) is 0 Å². The van der Waals surface area contributed by atoms with E-state index in [-0.39, 0.29) is 74.4 Å². The van der Waals surface area contributed by atoms with Gasteiger partial charge in [-0.25, -0.2) is 0 Å². The topological polar surface area (TPSA) is 301 Å². The zero-order chi connectivity index (χ0) is 48.4. The zero-order valence-corrected chi connectivity index (χ0v) is 38.2. The van der Waals surface area contributed by atoms with Crippen molar-refractivity contribution in [1.82, 2.24) is 0 Å². The summed E-state index contributed by atoms with van der Waals surface area (Å²) in [5, 5.41) is 119. The molecule has 16 heteroatoms. The third-order valence-electron chi connectivity index (χ3n) is 13.0. The zero-order valence-electron chi connectivity index (χ0n) is 38.2. The smallest absolute Gasteiger partial charge is 0.311 e. The Morgan fingerprint density at radius 1 is 0.631 bits per heavy atom. The predicted octanol–water partition coefficient (Wildman–Crippen LogP) is 2.04. The van der Waals surface area contributed by atoms with E-state index in [1.165, 1.54) is 0 Å². The number of aliphatic hydroxyl groups excluding tert-OH is 9. The van der Waals surface area contributed by atoms with Crippen LogP contribution in [0.15, 0.2) is 85.1 Å². The molecule has 5 unspecified atom stereocenters. The number of hydrogen-bond acceptors (Lipinski definition) is 15. The monoisotopic (exact) mass is 920 g/mol. The highest BCUT2D eigenvalue weighted by Gasteiger charge is 2.51. The van der Waals surface area contributed by atoms with Gasteiger partial charge >= 0.3 is 5.97 Å². The first-order chi connectivity index (χ1) is 30.6. The Hall–Kier alpha value is -3.20. The number of carboxylic acids is 1. The molecule has 2 bridgehead atoms. The second-order valence-electron chi connectivity index (χ2n) is 18.6. The van der Waals surface area contributed by atoms with Crippen molar-refractivity contribution in [3.05, 3.63) is 85.1 Å². The highest BCUT2D eigenvalue weighted by molar-refractivity contribution is 5.79. The van der Waals surface area contributed by atoms with Gasteiger partial charge in [0.1, 0.15) is 11.7 Å². The average Bonchev–Trinajstić information content (AvgIpc) is 3.21. The van der Waals surface area contributed by atoms with Gasteiger partial charge in [0.25, 0.3) is 0 Å². The van der Waals surface area contributed by atoms with E-state index in [1.54, 1.807) is 43.4 Å². The average molecular weight is 920 g/mol. The number of carbonyl (C=O) groups excluding carboxylic acids is 1. The quantitative estimate of drug-likeness (QED) is 0.193. The molecule has 3 rings (SSSR count). The number of carboxylic acid groups (broad SMARTS) is 1. The Morgan fingerprint density at radius 3 is 1.78 bits per heavy atom. The minimum absolute atomic E-state index is 0.0574. The van der Waals surface area contributed by atoms with Gasteiger partial charge in [-0.1, -0.05) is 113 Å². The van der Waals surface area contributed by atoms with Crippen LogP contribution >= 0.6 is 0 Å². The van der Waals surface area contributed by atoms with Crippen LogP contribution in [0.2, 0.25) is 0 Å². The maximum absolute atomic E-state index is 12.8. The number of carbonyl (C=O) groups is 2. The highest BCUT2D eigenvalue weighted by Crippen LogP contribution is 2.38. The molecule has 65 heavy (non-hydrogen) atoms. The van der Waals surface area contributed by atoms with Crippen molar-refractivity contribution in [2.75, 3.05) is 0 Å². The number of hydrogen-bond donors (Lipinski definition) is 12. The number of aliphatic carboxylic acids is 1. The predicted molar refractivity (Wildman–Crippen MR) is 243 cm³/mol. The molecule has 0 aromatic heterocycles. The molecule has 368 valence electrons. The first-order valence-corrected chi connectivity index (χ1v) is 23.0. The van der Waals surface area contributed by atoms with Crippen LogP contribution in [0.5, 0.6) is 0 Å². The number of ether oxygens (including phenoxy) is 2. The van der Waals surface area contributed by atoms with Crippen molar-refractivity contribution < 1.29 is 75.2 Å². The maximum atomic E-state index is 12.8. The molecule has 0 radical (unpaired) electrons. The van der Waals surface area contributed by atoms with Gasteiger partial charge in [0.05, 0.1) is 79.3 Å². The first-order valence-electron chi connectivity index (χ1n) is 23.0. The summed E-state index contributed by atoms with van der Waals surface area (Å²) in [6, 6.07) is -1.02. The third kappa shape index (κ3) is 18.8. The molecule has 1 saturated heterocycles. The van der Waals surface area contributed by atoms with Crippen LogP contribution in [-0.2, 0) is 19.1 Å². The molecule has 13 N–H and O–H groups in total. The molecule has 16 nitrogen and oxygen atoms in total. The SMILES string of the molecule is CC1CC(O[C@H]2/C=C/C=C/C=C/C=C/C=C/C=C/C=C/[C@H](C)[C@@H](O)[C@@H](C)[C@H](C)CC(=O)C[C@H](O)C[C@H](O)CC[C@@H](O)[C@H](O)C[C@H](O)C[C@]3(O)C[C@H](O)[C@@H](C(=O)O)[C@H](C2)O3)C(O)C(N)C1O. The van der Waals surface area contributed by atoms with E-state index in [1.807, 2.05) is 69.4 Å². The van der Waals surface area contributed by atoms with Crippen molar-refractivity contribution in [2.24, 2.45) is 35.3 Å². The van der Waals surface area contributed by atoms with Crippen LogP contribution in [0.25, 0.3) is 0 Å². The maximum Gasteiger partial charge on any atom is 0.311 e. The number of allylic oxidation sites excluding steroid dienone is 12. The number of ketones is 1. The normalized spacial score (nSPS) is 45.6. The molecule has 0 amide bonds. The van der Waals surface area contributed by atoms with Gasteiger partial charge in [-0.15, -0.1) is 0 Å². The van der Waals surface area contributed by atoms with Crippen molar-refractivity contribution >= 4 is 11.8 Å². The van der Waals surface area contributed by atoms with Gasteiger partial charge in [0, 0.05) is 44.4 Å². The molecule has 1 aliphatic carbocycles. The standard InChI is InChI=1S/C49H77NO15/c1-29-17-15-13-11-9-7-5-6-8-10-12-14-16-18-37(64-42-22-31(3)46(59)44(50)47(42)60)26-41-43(48(61)62)40(57)28-49(63,65-41)27-36(54)25-39(56)38(55)20-19-33(51)23-35(53)24-34(52)21-30(2)32(4)45(29)58/h5-18,29-33,35-47,51,53-60,63H,19-28,50H2,1-4H3,(H,61,62)/b6-5+,9-7+,10-8+,13-11+,14-12+,17-15+,18-16+/t29-,30+,31?,32-,33+,35+,36-,37-,38+,39+,40-,41-,42?,43+,44?,45+,46?,47?,49+/m0/s1. The Kier molecular flexibility index (Phi) is 23.8.